The van der Waals surface area contributed by atoms with E-state index in [9.17, 15) is 4.79 Å². The predicted molar refractivity (Wildman–Crippen MR) is 97.6 cm³/mol. The van der Waals surface area contributed by atoms with E-state index in [0.29, 0.717) is 23.1 Å². The van der Waals surface area contributed by atoms with Gasteiger partial charge in [0.15, 0.2) is 6.10 Å². The molecule has 0 fully saturated rings. The van der Waals surface area contributed by atoms with E-state index in [2.05, 4.69) is 0 Å². The van der Waals surface area contributed by atoms with Gasteiger partial charge in [-0.25, -0.2) is 0 Å². The van der Waals surface area contributed by atoms with Crippen molar-refractivity contribution in [2.75, 3.05) is 21.3 Å². The molecule has 0 aliphatic carbocycles. The SMILES string of the molecule is COc1ccc(OC(C)C(=O)N(C)Cc2cc(Cl)ccc2OC)cc1. The number of methoxy groups -OCH3 is 2. The van der Waals surface area contributed by atoms with Crippen LogP contribution in [0.5, 0.6) is 17.2 Å². The van der Waals surface area contributed by atoms with Gasteiger partial charge in [0.25, 0.3) is 5.91 Å². The fourth-order valence-corrected chi connectivity index (χ4v) is 2.62. The molecule has 2 aromatic carbocycles. The molecule has 2 aromatic rings. The van der Waals surface area contributed by atoms with E-state index in [4.69, 9.17) is 25.8 Å². The molecule has 6 heteroatoms. The van der Waals surface area contributed by atoms with Crippen molar-refractivity contribution in [1.29, 1.82) is 0 Å². The Hall–Kier alpha value is -2.40. The standard InChI is InChI=1S/C19H22ClNO4/c1-13(25-17-8-6-16(23-3)7-9-17)19(22)21(2)12-14-11-15(20)5-10-18(14)24-4/h5-11,13H,12H2,1-4H3. The van der Waals surface area contributed by atoms with Crippen LogP contribution in [0.3, 0.4) is 0 Å². The van der Waals surface area contributed by atoms with Crippen molar-refractivity contribution in [1.82, 2.24) is 4.90 Å². The third kappa shape index (κ3) is 5.03. The van der Waals surface area contributed by atoms with Gasteiger partial charge in [0.1, 0.15) is 17.2 Å². The normalized spacial score (nSPS) is 11.6. The summed E-state index contributed by atoms with van der Waals surface area (Å²) in [4.78, 5) is 14.1. The van der Waals surface area contributed by atoms with E-state index in [1.54, 1.807) is 75.6 Å². The summed E-state index contributed by atoms with van der Waals surface area (Å²) >= 11 is 6.04. The van der Waals surface area contributed by atoms with Crippen molar-refractivity contribution in [2.24, 2.45) is 0 Å². The summed E-state index contributed by atoms with van der Waals surface area (Å²) in [6, 6.07) is 12.4. The molecule has 0 heterocycles. The summed E-state index contributed by atoms with van der Waals surface area (Å²) in [5.74, 6) is 1.89. The minimum Gasteiger partial charge on any atom is -0.497 e. The number of nitrogens with zero attached hydrogens (tertiary/aromatic N) is 1. The highest BCUT2D eigenvalue weighted by Gasteiger charge is 2.20. The molecule has 1 amide bonds. The number of hydrogen-bond acceptors (Lipinski definition) is 4. The highest BCUT2D eigenvalue weighted by molar-refractivity contribution is 6.30. The first kappa shape index (κ1) is 18.9. The highest BCUT2D eigenvalue weighted by Crippen LogP contribution is 2.24. The maximum atomic E-state index is 12.6. The molecule has 25 heavy (non-hydrogen) atoms. The second-order valence-electron chi connectivity index (χ2n) is 5.59. The van der Waals surface area contributed by atoms with Gasteiger partial charge in [-0.15, -0.1) is 0 Å². The van der Waals surface area contributed by atoms with Crippen LogP contribution in [0.2, 0.25) is 5.02 Å². The monoisotopic (exact) mass is 363 g/mol. The number of benzene rings is 2. The number of ether oxygens (including phenoxy) is 3. The second kappa shape index (κ2) is 8.62. The van der Waals surface area contributed by atoms with Gasteiger partial charge < -0.3 is 19.1 Å². The largest absolute Gasteiger partial charge is 0.497 e. The van der Waals surface area contributed by atoms with E-state index in [-0.39, 0.29) is 5.91 Å². The third-order valence-corrected chi connectivity index (χ3v) is 3.98. The van der Waals surface area contributed by atoms with Crippen LogP contribution in [-0.2, 0) is 11.3 Å². The quantitative estimate of drug-likeness (QED) is 0.751. The zero-order valence-corrected chi connectivity index (χ0v) is 15.5. The Balaban J connectivity index is 2.02. The van der Waals surface area contributed by atoms with Gasteiger partial charge in [-0.2, -0.15) is 0 Å². The maximum absolute atomic E-state index is 12.6. The van der Waals surface area contributed by atoms with Gasteiger partial charge in [-0.1, -0.05) is 11.6 Å². The lowest BCUT2D eigenvalue weighted by atomic mass is 10.2. The first-order valence-electron chi connectivity index (χ1n) is 7.82. The van der Waals surface area contributed by atoms with E-state index in [0.717, 1.165) is 11.3 Å². The van der Waals surface area contributed by atoms with Crippen molar-refractivity contribution in [3.8, 4) is 17.2 Å². The van der Waals surface area contributed by atoms with Crippen molar-refractivity contribution in [3.63, 3.8) is 0 Å². The number of hydrogen-bond donors (Lipinski definition) is 0. The fourth-order valence-electron chi connectivity index (χ4n) is 2.42. The molecular formula is C19H22ClNO4. The molecule has 0 bridgehead atoms. The van der Waals surface area contributed by atoms with Crippen molar-refractivity contribution >= 4 is 17.5 Å². The van der Waals surface area contributed by atoms with Gasteiger partial charge in [0.2, 0.25) is 0 Å². The Morgan fingerprint density at radius 1 is 1.08 bits per heavy atom. The Kier molecular flexibility index (Phi) is 6.53. The molecule has 0 aliphatic rings. The van der Waals surface area contributed by atoms with E-state index in [1.807, 2.05) is 0 Å². The first-order valence-corrected chi connectivity index (χ1v) is 8.20. The fraction of sp³-hybridized carbons (Fsp3) is 0.316. The summed E-state index contributed by atoms with van der Waals surface area (Å²) in [7, 11) is 4.90. The van der Waals surface area contributed by atoms with Gasteiger partial charge in [-0.3, -0.25) is 4.79 Å². The Bertz CT molecular complexity index is 718. The Morgan fingerprint density at radius 3 is 2.32 bits per heavy atom. The highest BCUT2D eigenvalue weighted by atomic mass is 35.5. The molecule has 0 aliphatic heterocycles. The van der Waals surface area contributed by atoms with E-state index >= 15 is 0 Å². The summed E-state index contributed by atoms with van der Waals surface area (Å²) < 4.78 is 16.1. The Labute approximate surface area is 153 Å². The van der Waals surface area contributed by atoms with Crippen LogP contribution in [-0.4, -0.2) is 38.2 Å². The summed E-state index contributed by atoms with van der Waals surface area (Å²) in [6.07, 6.45) is -0.622. The van der Waals surface area contributed by atoms with E-state index < -0.39 is 6.10 Å². The van der Waals surface area contributed by atoms with Crippen LogP contribution in [0.25, 0.3) is 0 Å². The van der Waals surface area contributed by atoms with Crippen molar-refractivity contribution < 1.29 is 19.0 Å². The topological polar surface area (TPSA) is 48.0 Å². The van der Waals surface area contributed by atoms with Gasteiger partial charge in [-0.05, 0) is 49.4 Å². The van der Waals surface area contributed by atoms with Crippen molar-refractivity contribution in [3.05, 3.63) is 53.1 Å². The van der Waals surface area contributed by atoms with Gasteiger partial charge in [0, 0.05) is 24.2 Å². The molecule has 0 N–H and O–H groups in total. The zero-order chi connectivity index (χ0) is 18.4. The van der Waals surface area contributed by atoms with Crippen LogP contribution < -0.4 is 14.2 Å². The average molecular weight is 364 g/mol. The lowest BCUT2D eigenvalue weighted by Crippen LogP contribution is -2.37. The maximum Gasteiger partial charge on any atom is 0.263 e. The minimum absolute atomic E-state index is 0.141. The second-order valence-corrected chi connectivity index (χ2v) is 6.02. The lowest BCUT2D eigenvalue weighted by molar-refractivity contribution is -0.137. The molecule has 2 rings (SSSR count). The minimum atomic E-state index is -0.622. The van der Waals surface area contributed by atoms with Crippen LogP contribution in [0.15, 0.2) is 42.5 Å². The van der Waals surface area contributed by atoms with Gasteiger partial charge >= 0.3 is 0 Å². The summed E-state index contributed by atoms with van der Waals surface area (Å²) in [5, 5.41) is 0.596. The molecule has 0 aromatic heterocycles. The summed E-state index contributed by atoms with van der Waals surface area (Å²) in [5.41, 5.74) is 0.836. The smallest absolute Gasteiger partial charge is 0.263 e. The van der Waals surface area contributed by atoms with Gasteiger partial charge in [0.05, 0.1) is 14.2 Å². The number of carbonyl (C=O) groups excluding carboxylic acids is 1. The number of rotatable bonds is 7. The zero-order valence-electron chi connectivity index (χ0n) is 14.8. The Morgan fingerprint density at radius 2 is 1.72 bits per heavy atom. The number of halogens is 1. The van der Waals surface area contributed by atoms with Crippen LogP contribution in [0.1, 0.15) is 12.5 Å². The molecule has 0 saturated heterocycles. The number of likely N-dealkylation sites (N-methyl/N-ethyl adjacent to an activating group) is 1. The predicted octanol–water partition coefficient (Wildman–Crippen LogP) is 3.78. The molecule has 0 radical (unpaired) electrons. The first-order chi connectivity index (χ1) is 11.9. The van der Waals surface area contributed by atoms with Crippen LogP contribution >= 0.6 is 11.6 Å². The van der Waals surface area contributed by atoms with Crippen LogP contribution in [0.4, 0.5) is 0 Å². The molecule has 1 unspecified atom stereocenters. The molecule has 0 spiro atoms. The number of amides is 1. The molecule has 0 saturated carbocycles. The van der Waals surface area contributed by atoms with Crippen LogP contribution in [0, 0.1) is 0 Å². The molecule has 5 nitrogen and oxygen atoms in total. The molecular weight excluding hydrogens is 342 g/mol. The summed E-state index contributed by atoms with van der Waals surface area (Å²) in [6.45, 7) is 2.09. The molecule has 134 valence electrons. The van der Waals surface area contributed by atoms with E-state index in [1.165, 1.54) is 0 Å². The third-order valence-electron chi connectivity index (χ3n) is 3.75. The number of carbonyl (C=O) groups is 1. The average Bonchev–Trinajstić information content (AvgIpc) is 2.61. The lowest BCUT2D eigenvalue weighted by Gasteiger charge is -2.23. The molecule has 1 atom stereocenters. The van der Waals surface area contributed by atoms with Crippen molar-refractivity contribution in [2.45, 2.75) is 19.6 Å².